The molecule has 2 rings (SSSR count). The van der Waals surface area contributed by atoms with Crippen molar-refractivity contribution in [2.75, 3.05) is 6.61 Å². The maximum Gasteiger partial charge on any atom is 0.309 e. The number of hydrogen-bond donors (Lipinski definition) is 4. The van der Waals surface area contributed by atoms with Crippen molar-refractivity contribution in [2.24, 2.45) is 34.5 Å². The Labute approximate surface area is 201 Å². The third kappa shape index (κ3) is 8.67. The van der Waals surface area contributed by atoms with Crippen molar-refractivity contribution < 1.29 is 25.2 Å². The Bertz CT molecular complexity index is 626. The first-order valence-corrected chi connectivity index (χ1v) is 13.4. The van der Waals surface area contributed by atoms with Gasteiger partial charge in [0.2, 0.25) is 0 Å². The number of carboxylic acids is 1. The van der Waals surface area contributed by atoms with E-state index >= 15 is 0 Å². The molecule has 5 nitrogen and oxygen atoms in total. The molecule has 0 aromatic carbocycles. The van der Waals surface area contributed by atoms with Gasteiger partial charge in [-0.05, 0) is 82.5 Å². The Morgan fingerprint density at radius 2 is 1.27 bits per heavy atom. The van der Waals surface area contributed by atoms with Crippen LogP contribution < -0.4 is 0 Å². The van der Waals surface area contributed by atoms with Gasteiger partial charge in [-0.3, -0.25) is 4.79 Å². The second-order valence-electron chi connectivity index (χ2n) is 12.4. The molecule has 2 aliphatic rings. The van der Waals surface area contributed by atoms with Gasteiger partial charge in [0.15, 0.2) is 0 Å². The Morgan fingerprint density at radius 3 is 1.70 bits per heavy atom. The van der Waals surface area contributed by atoms with Crippen LogP contribution in [0.2, 0.25) is 0 Å². The Morgan fingerprint density at radius 1 is 0.818 bits per heavy atom. The summed E-state index contributed by atoms with van der Waals surface area (Å²) in [6.45, 7) is 7.92. The van der Waals surface area contributed by atoms with Crippen molar-refractivity contribution in [3.63, 3.8) is 0 Å². The standard InChI is InChI=1S/C28H50O5/c1-27(2,19-29)17-7-13-20-9-5-11-22(24(20)30)15-16-23-12-6-10-21(25(23)31)14-8-18-28(3,4)26(32)33/h15-16,20-25,29-31H,5-14,17-19H2,1-4H3,(H,32,33)/b16-15-. The van der Waals surface area contributed by atoms with Gasteiger partial charge in [0, 0.05) is 18.4 Å². The van der Waals surface area contributed by atoms with E-state index in [0.29, 0.717) is 12.3 Å². The van der Waals surface area contributed by atoms with Gasteiger partial charge in [0.25, 0.3) is 0 Å². The van der Waals surface area contributed by atoms with Crippen LogP contribution in [0.1, 0.15) is 105 Å². The largest absolute Gasteiger partial charge is 0.481 e. The predicted molar refractivity (Wildman–Crippen MR) is 133 cm³/mol. The molecule has 6 atom stereocenters. The van der Waals surface area contributed by atoms with Crippen molar-refractivity contribution in [2.45, 2.75) is 117 Å². The summed E-state index contributed by atoms with van der Waals surface area (Å²) in [6, 6.07) is 0. The third-order valence-corrected chi connectivity index (χ3v) is 8.49. The minimum absolute atomic E-state index is 0.0457. The molecule has 0 heterocycles. The molecule has 0 spiro atoms. The second kappa shape index (κ2) is 12.7. The number of aliphatic carboxylic acids is 1. The lowest BCUT2D eigenvalue weighted by atomic mass is 9.73. The fraction of sp³-hybridized carbons (Fsp3) is 0.893. The number of hydrogen-bond acceptors (Lipinski definition) is 4. The topological polar surface area (TPSA) is 98.0 Å². The van der Waals surface area contributed by atoms with Crippen LogP contribution in [0.4, 0.5) is 0 Å². The molecule has 0 aliphatic heterocycles. The number of aliphatic hydroxyl groups is 3. The molecule has 5 heteroatoms. The van der Waals surface area contributed by atoms with Crippen LogP contribution in [0.25, 0.3) is 0 Å². The van der Waals surface area contributed by atoms with Gasteiger partial charge in [-0.15, -0.1) is 0 Å². The van der Waals surface area contributed by atoms with Gasteiger partial charge in [0.05, 0.1) is 17.6 Å². The molecule has 0 aromatic rings. The van der Waals surface area contributed by atoms with E-state index in [0.717, 1.165) is 70.6 Å². The third-order valence-electron chi connectivity index (χ3n) is 8.49. The molecule has 2 aliphatic carbocycles. The summed E-state index contributed by atoms with van der Waals surface area (Å²) >= 11 is 0. The van der Waals surface area contributed by atoms with Crippen LogP contribution in [0.15, 0.2) is 12.2 Å². The van der Waals surface area contributed by atoms with E-state index in [1.54, 1.807) is 13.8 Å². The van der Waals surface area contributed by atoms with Crippen LogP contribution in [0.3, 0.4) is 0 Å². The van der Waals surface area contributed by atoms with Gasteiger partial charge in [-0.1, -0.05) is 51.7 Å². The highest BCUT2D eigenvalue weighted by Gasteiger charge is 2.34. The van der Waals surface area contributed by atoms with Gasteiger partial charge in [-0.25, -0.2) is 0 Å². The van der Waals surface area contributed by atoms with Crippen molar-refractivity contribution in [3.05, 3.63) is 12.2 Å². The van der Waals surface area contributed by atoms with Crippen LogP contribution in [0, 0.1) is 34.5 Å². The summed E-state index contributed by atoms with van der Waals surface area (Å²) in [4.78, 5) is 11.3. The Balaban J connectivity index is 1.84. The van der Waals surface area contributed by atoms with E-state index in [1.807, 2.05) is 0 Å². The molecule has 2 saturated carbocycles. The average Bonchev–Trinajstić information content (AvgIpc) is 2.75. The maximum atomic E-state index is 11.3. The van der Waals surface area contributed by atoms with Crippen molar-refractivity contribution in [1.82, 2.24) is 0 Å². The smallest absolute Gasteiger partial charge is 0.309 e. The van der Waals surface area contributed by atoms with Crippen LogP contribution in [-0.4, -0.2) is 45.2 Å². The summed E-state index contributed by atoms with van der Waals surface area (Å²) in [6.07, 6.45) is 15.3. The summed E-state index contributed by atoms with van der Waals surface area (Å²) in [5.74, 6) is 0.100. The van der Waals surface area contributed by atoms with E-state index in [9.17, 15) is 25.2 Å². The Kier molecular flexibility index (Phi) is 10.9. The predicted octanol–water partition coefficient (Wildman–Crippen LogP) is 5.57. The SMILES string of the molecule is CC(C)(CO)CCCC1CCCC(/C=C\C2CCCC(CCCC(C)(C)C(=O)O)C2O)C1O. The zero-order chi connectivity index (χ0) is 24.6. The fourth-order valence-electron chi connectivity index (χ4n) is 5.78. The maximum absolute atomic E-state index is 11.3. The average molecular weight is 467 g/mol. The first-order valence-electron chi connectivity index (χ1n) is 13.4. The molecule has 0 bridgehead atoms. The minimum Gasteiger partial charge on any atom is -0.481 e. The summed E-state index contributed by atoms with van der Waals surface area (Å²) in [5.41, 5.74) is -0.754. The first kappa shape index (κ1) is 28.3. The molecule has 192 valence electrons. The molecular formula is C28H50O5. The monoisotopic (exact) mass is 466 g/mol. The van der Waals surface area contributed by atoms with E-state index in [-0.39, 0.29) is 42.0 Å². The highest BCUT2D eigenvalue weighted by molar-refractivity contribution is 5.73. The van der Waals surface area contributed by atoms with Crippen molar-refractivity contribution in [1.29, 1.82) is 0 Å². The highest BCUT2D eigenvalue weighted by Crippen LogP contribution is 2.38. The van der Waals surface area contributed by atoms with Gasteiger partial charge in [-0.2, -0.15) is 0 Å². The van der Waals surface area contributed by atoms with Gasteiger partial charge >= 0.3 is 5.97 Å². The molecule has 6 unspecified atom stereocenters. The molecule has 33 heavy (non-hydrogen) atoms. The molecule has 0 radical (unpaired) electrons. The van der Waals surface area contributed by atoms with Crippen molar-refractivity contribution in [3.8, 4) is 0 Å². The summed E-state index contributed by atoms with van der Waals surface area (Å²) < 4.78 is 0. The summed E-state index contributed by atoms with van der Waals surface area (Å²) in [5, 5.41) is 40.7. The number of carbonyl (C=O) groups is 1. The quantitative estimate of drug-likeness (QED) is 0.282. The number of carboxylic acid groups (broad SMARTS) is 1. The van der Waals surface area contributed by atoms with E-state index in [1.165, 1.54) is 0 Å². The van der Waals surface area contributed by atoms with Gasteiger partial charge < -0.3 is 20.4 Å². The minimum atomic E-state index is -0.756. The number of rotatable bonds is 12. The lowest BCUT2D eigenvalue weighted by molar-refractivity contribution is -0.147. The van der Waals surface area contributed by atoms with E-state index < -0.39 is 11.4 Å². The molecular weight excluding hydrogens is 416 g/mol. The normalized spacial score (nSPS) is 31.7. The zero-order valence-corrected chi connectivity index (χ0v) is 21.5. The Hall–Kier alpha value is -0.910. The molecule has 0 amide bonds. The van der Waals surface area contributed by atoms with Crippen LogP contribution >= 0.6 is 0 Å². The fourth-order valence-corrected chi connectivity index (χ4v) is 5.78. The lowest BCUT2D eigenvalue weighted by Crippen LogP contribution is -2.34. The van der Waals surface area contributed by atoms with Crippen molar-refractivity contribution >= 4 is 5.97 Å². The zero-order valence-electron chi connectivity index (χ0n) is 21.5. The number of aliphatic hydroxyl groups excluding tert-OH is 3. The molecule has 0 aromatic heterocycles. The van der Waals surface area contributed by atoms with Gasteiger partial charge in [0.1, 0.15) is 0 Å². The molecule has 4 N–H and O–H groups in total. The van der Waals surface area contributed by atoms with Crippen LogP contribution in [0.5, 0.6) is 0 Å². The molecule has 0 saturated heterocycles. The first-order chi connectivity index (χ1) is 15.5. The van der Waals surface area contributed by atoms with E-state index in [4.69, 9.17) is 0 Å². The molecule has 2 fully saturated rings. The van der Waals surface area contributed by atoms with Crippen LogP contribution in [-0.2, 0) is 4.79 Å². The van der Waals surface area contributed by atoms with E-state index in [2.05, 4.69) is 26.0 Å². The summed E-state index contributed by atoms with van der Waals surface area (Å²) in [7, 11) is 0. The highest BCUT2D eigenvalue weighted by atomic mass is 16.4. The second-order valence-corrected chi connectivity index (χ2v) is 12.4. The lowest BCUT2D eigenvalue weighted by Gasteiger charge is -2.36.